The topological polar surface area (TPSA) is 130 Å². The van der Waals surface area contributed by atoms with Gasteiger partial charge in [-0.3, -0.25) is 9.59 Å². The van der Waals surface area contributed by atoms with Crippen LogP contribution in [0.25, 0.3) is 16.6 Å². The molecule has 1 atom stereocenters. The van der Waals surface area contributed by atoms with Crippen molar-refractivity contribution in [3.63, 3.8) is 0 Å². The van der Waals surface area contributed by atoms with Crippen molar-refractivity contribution in [1.29, 1.82) is 0 Å². The number of likely N-dealkylation sites (tertiary alicyclic amines) is 1. The Morgan fingerprint density at radius 3 is 2.64 bits per heavy atom. The highest BCUT2D eigenvalue weighted by Gasteiger charge is 2.32. The van der Waals surface area contributed by atoms with Crippen molar-refractivity contribution >= 4 is 29.9 Å². The maximum absolute atomic E-state index is 12.9. The summed E-state index contributed by atoms with van der Waals surface area (Å²) in [5.74, 6) is 0.267. The minimum atomic E-state index is -4.44. The molecule has 0 saturated carbocycles. The zero-order valence-corrected chi connectivity index (χ0v) is 23.4. The zero-order valence-electron chi connectivity index (χ0n) is 23.4. The maximum Gasteiger partial charge on any atom is 0.413 e. The Labute approximate surface area is 241 Å². The van der Waals surface area contributed by atoms with Crippen LogP contribution in [0.4, 0.5) is 19.0 Å². The second kappa shape index (κ2) is 13.4. The highest BCUT2D eigenvalue weighted by atomic mass is 19.4. The van der Waals surface area contributed by atoms with E-state index in [1.807, 2.05) is 23.6 Å². The lowest BCUT2D eigenvalue weighted by molar-refractivity contribution is -0.109. The summed E-state index contributed by atoms with van der Waals surface area (Å²) in [6, 6.07) is 9.02. The SMILES string of the molecule is CCNC=O.CN1CCCC(c2cc(-c3ccc(C(=O)NC4=CCC(C(F)(F)F)=CC=N4)cc3)c3c(N)ncnn23)C1. The third kappa shape index (κ3) is 7.21. The first-order chi connectivity index (χ1) is 20.1. The Bertz CT molecular complexity index is 1510. The molecular weight excluding hydrogens is 549 g/mol. The van der Waals surface area contributed by atoms with Gasteiger partial charge in [-0.15, -0.1) is 0 Å². The van der Waals surface area contributed by atoms with E-state index in [1.165, 1.54) is 12.4 Å². The number of aliphatic imine (C=N–C) groups is 1. The molecule has 1 unspecified atom stereocenters. The van der Waals surface area contributed by atoms with E-state index in [4.69, 9.17) is 5.73 Å². The van der Waals surface area contributed by atoms with Crippen LogP contribution in [0.2, 0.25) is 0 Å². The molecule has 2 aliphatic heterocycles. The molecule has 1 saturated heterocycles. The summed E-state index contributed by atoms with van der Waals surface area (Å²) < 4.78 is 40.7. The Balaban J connectivity index is 0.000000748. The van der Waals surface area contributed by atoms with Crippen LogP contribution in [0.3, 0.4) is 0 Å². The number of alkyl halides is 3. The van der Waals surface area contributed by atoms with Crippen LogP contribution in [0.15, 0.2) is 65.2 Å². The molecule has 2 aliphatic rings. The van der Waals surface area contributed by atoms with E-state index in [1.54, 1.807) is 12.1 Å². The molecular formula is C29H33F3N8O2. The third-order valence-corrected chi connectivity index (χ3v) is 7.01. The number of nitrogens with zero attached hydrogens (tertiary/aromatic N) is 5. The minimum Gasteiger partial charge on any atom is -0.382 e. The molecule has 4 N–H and O–H groups in total. The number of rotatable bonds is 6. The Morgan fingerprint density at radius 2 is 2.00 bits per heavy atom. The van der Waals surface area contributed by atoms with E-state index in [0.717, 1.165) is 61.6 Å². The highest BCUT2D eigenvalue weighted by Crippen LogP contribution is 2.36. The van der Waals surface area contributed by atoms with Crippen molar-refractivity contribution in [2.24, 2.45) is 4.99 Å². The van der Waals surface area contributed by atoms with Crippen molar-refractivity contribution in [3.8, 4) is 11.1 Å². The van der Waals surface area contributed by atoms with E-state index >= 15 is 0 Å². The summed E-state index contributed by atoms with van der Waals surface area (Å²) in [7, 11) is 2.11. The second-order valence-corrected chi connectivity index (χ2v) is 9.96. The molecule has 10 nitrogen and oxygen atoms in total. The third-order valence-electron chi connectivity index (χ3n) is 7.01. The molecule has 222 valence electrons. The average Bonchev–Trinajstić information content (AvgIpc) is 3.19. The second-order valence-electron chi connectivity index (χ2n) is 9.96. The van der Waals surface area contributed by atoms with Gasteiger partial charge in [0.25, 0.3) is 5.91 Å². The lowest BCUT2D eigenvalue weighted by Gasteiger charge is -2.29. The van der Waals surface area contributed by atoms with Gasteiger partial charge < -0.3 is 21.3 Å². The Morgan fingerprint density at radius 1 is 1.24 bits per heavy atom. The van der Waals surface area contributed by atoms with Gasteiger partial charge in [-0.25, -0.2) is 14.5 Å². The van der Waals surface area contributed by atoms with Crippen LogP contribution in [-0.4, -0.2) is 70.9 Å². The van der Waals surface area contributed by atoms with Crippen LogP contribution >= 0.6 is 0 Å². The number of halogens is 3. The van der Waals surface area contributed by atoms with Gasteiger partial charge in [0.2, 0.25) is 6.41 Å². The lowest BCUT2D eigenvalue weighted by Crippen LogP contribution is -2.31. The van der Waals surface area contributed by atoms with Gasteiger partial charge in [0.1, 0.15) is 17.7 Å². The van der Waals surface area contributed by atoms with E-state index in [0.29, 0.717) is 29.2 Å². The predicted molar refractivity (Wildman–Crippen MR) is 155 cm³/mol. The number of piperidine rings is 1. The van der Waals surface area contributed by atoms with Crippen molar-refractivity contribution in [3.05, 3.63) is 71.5 Å². The zero-order chi connectivity index (χ0) is 30.3. The minimum absolute atomic E-state index is 0.0648. The van der Waals surface area contributed by atoms with Crippen LogP contribution < -0.4 is 16.4 Å². The summed E-state index contributed by atoms with van der Waals surface area (Å²) in [4.78, 5) is 32.4. The molecule has 1 aromatic carbocycles. The number of hydrogen-bond donors (Lipinski definition) is 3. The first kappa shape index (κ1) is 30.4. The Kier molecular flexibility index (Phi) is 9.73. The van der Waals surface area contributed by atoms with Crippen molar-refractivity contribution in [2.45, 2.75) is 38.3 Å². The number of carbonyl (C=O) groups excluding carboxylic acids is 2. The number of allylic oxidation sites excluding steroid dienone is 3. The van der Waals surface area contributed by atoms with Gasteiger partial charge in [0.05, 0.1) is 0 Å². The summed E-state index contributed by atoms with van der Waals surface area (Å²) in [5.41, 5.74) is 9.37. The largest absolute Gasteiger partial charge is 0.413 e. The molecule has 4 heterocycles. The van der Waals surface area contributed by atoms with Crippen molar-refractivity contribution in [1.82, 2.24) is 30.1 Å². The summed E-state index contributed by atoms with van der Waals surface area (Å²) >= 11 is 0. The van der Waals surface area contributed by atoms with Gasteiger partial charge >= 0.3 is 6.18 Å². The maximum atomic E-state index is 12.9. The predicted octanol–water partition coefficient (Wildman–Crippen LogP) is 4.07. The number of likely N-dealkylation sites (N-methyl/N-ethyl adjacent to an activating group) is 1. The fourth-order valence-corrected chi connectivity index (χ4v) is 4.91. The monoisotopic (exact) mass is 582 g/mol. The van der Waals surface area contributed by atoms with Gasteiger partial charge in [0, 0.05) is 47.6 Å². The molecule has 5 rings (SSSR count). The van der Waals surface area contributed by atoms with E-state index < -0.39 is 17.7 Å². The van der Waals surface area contributed by atoms with Gasteiger partial charge in [-0.1, -0.05) is 12.1 Å². The number of nitrogens with two attached hydrogens (primary N) is 1. The van der Waals surface area contributed by atoms with Gasteiger partial charge in [-0.05, 0) is 75.7 Å². The summed E-state index contributed by atoms with van der Waals surface area (Å²) in [6.07, 6.45) is 2.66. The van der Waals surface area contributed by atoms with Gasteiger partial charge in [0.15, 0.2) is 5.82 Å². The lowest BCUT2D eigenvalue weighted by atomic mass is 9.94. The smallest absolute Gasteiger partial charge is 0.382 e. The number of benzene rings is 1. The molecule has 0 aliphatic carbocycles. The molecule has 1 fully saturated rings. The average molecular weight is 583 g/mol. The molecule has 42 heavy (non-hydrogen) atoms. The fraction of sp³-hybridized carbons (Fsp3) is 0.345. The van der Waals surface area contributed by atoms with Crippen LogP contribution in [0.5, 0.6) is 0 Å². The fourth-order valence-electron chi connectivity index (χ4n) is 4.91. The molecule has 3 aromatic rings. The molecule has 0 bridgehead atoms. The highest BCUT2D eigenvalue weighted by molar-refractivity contribution is 5.97. The number of hydrogen-bond acceptors (Lipinski definition) is 7. The quantitative estimate of drug-likeness (QED) is 0.376. The number of anilines is 1. The number of carbonyl (C=O) groups is 2. The number of amides is 2. The van der Waals surface area contributed by atoms with Crippen LogP contribution in [-0.2, 0) is 4.79 Å². The number of nitrogen functional groups attached to an aromatic ring is 1. The van der Waals surface area contributed by atoms with E-state index in [-0.39, 0.29) is 12.2 Å². The molecule has 0 radical (unpaired) electrons. The normalized spacial score (nSPS) is 17.4. The molecule has 0 spiro atoms. The standard InChI is InChI=1S/C26H26F3N7O.C3H7NO/c1-35-12-2-3-18(14-35)21-13-20(23-24(30)32-15-33-36(21)23)16-4-6-17(7-5-16)25(37)34-22-9-8-19(10-11-31-22)26(27,28)29;1-2-4-3-5/h4-7,9-11,13,15,18H,2-3,8,12,14H2,1H3,(H,34,37)(H2,30,32,33);3H,2H2,1H3,(H,4,5). The summed E-state index contributed by atoms with van der Waals surface area (Å²) in [6.45, 7) is 4.58. The van der Waals surface area contributed by atoms with E-state index in [9.17, 15) is 22.8 Å². The van der Waals surface area contributed by atoms with Crippen LogP contribution in [0, 0.1) is 0 Å². The number of aromatic nitrogens is 3. The van der Waals surface area contributed by atoms with Crippen LogP contribution in [0.1, 0.15) is 48.2 Å². The molecule has 2 aromatic heterocycles. The molecule has 13 heteroatoms. The first-order valence-corrected chi connectivity index (χ1v) is 13.5. The van der Waals surface area contributed by atoms with E-state index in [2.05, 4.69) is 43.7 Å². The summed E-state index contributed by atoms with van der Waals surface area (Å²) in [5, 5.41) is 9.48. The molecule has 2 amide bonds. The number of nitrogens with one attached hydrogen (secondary N) is 2. The Hall–Kier alpha value is -4.52. The first-order valence-electron chi connectivity index (χ1n) is 13.5. The van der Waals surface area contributed by atoms with Crippen molar-refractivity contribution in [2.75, 3.05) is 32.4 Å². The van der Waals surface area contributed by atoms with Crippen molar-refractivity contribution < 1.29 is 22.8 Å². The van der Waals surface area contributed by atoms with Gasteiger partial charge in [-0.2, -0.15) is 18.3 Å². The number of fused-ring (bicyclic) bond motifs is 1.